The molecule has 7 rings (SSSR count). The Morgan fingerprint density at radius 2 is 1.49 bits per heavy atom. The van der Waals surface area contributed by atoms with E-state index in [1.165, 1.54) is 12.1 Å². The quantitative estimate of drug-likeness (QED) is 0.0526. The number of benzene rings is 3. The van der Waals surface area contributed by atoms with Crippen molar-refractivity contribution in [1.29, 1.82) is 0 Å². The van der Waals surface area contributed by atoms with Gasteiger partial charge in [0.25, 0.3) is 0 Å². The zero-order valence-electron chi connectivity index (χ0n) is 35.1. The van der Waals surface area contributed by atoms with E-state index in [1.54, 1.807) is 6.07 Å². The first-order valence-electron chi connectivity index (χ1n) is 21.2. The Balaban J connectivity index is 0.778. The van der Waals surface area contributed by atoms with E-state index in [9.17, 15) is 27.6 Å². The number of halogens is 4. The van der Waals surface area contributed by atoms with E-state index in [-0.39, 0.29) is 36.1 Å². The van der Waals surface area contributed by atoms with Crippen molar-refractivity contribution in [3.8, 4) is 5.95 Å². The zero-order chi connectivity index (χ0) is 44.3. The molecule has 2 N–H and O–H groups in total. The number of fused-ring (bicyclic) bond motifs is 1. The highest BCUT2D eigenvalue weighted by molar-refractivity contribution is 14.1. The molecule has 2 amide bonds. The lowest BCUT2D eigenvalue weighted by Crippen LogP contribution is -2.49. The number of aryl methyl sites for hydroxylation is 1. The third-order valence-electron chi connectivity index (χ3n) is 10.9. The van der Waals surface area contributed by atoms with Gasteiger partial charge in [-0.25, -0.2) is 18.2 Å². The van der Waals surface area contributed by atoms with Gasteiger partial charge in [-0.2, -0.15) is 15.0 Å². The molecule has 0 saturated carbocycles. The van der Waals surface area contributed by atoms with Crippen molar-refractivity contribution in [3.05, 3.63) is 87.0 Å². The molecule has 0 radical (unpaired) electrons. The van der Waals surface area contributed by atoms with Crippen LogP contribution in [0.4, 0.5) is 36.4 Å². The number of carbonyl (C=O) groups is 3. The van der Waals surface area contributed by atoms with Gasteiger partial charge in [-0.05, 0) is 97.7 Å². The third-order valence-corrected chi connectivity index (χ3v) is 11.6. The van der Waals surface area contributed by atoms with Crippen molar-refractivity contribution in [3.63, 3.8) is 0 Å². The molecular weight excluding hydrogens is 932 g/mol. The number of anilines is 4. The van der Waals surface area contributed by atoms with Crippen LogP contribution in [0.3, 0.4) is 0 Å². The highest BCUT2D eigenvalue weighted by Gasteiger charge is 2.26. The Bertz CT molecular complexity index is 2410. The van der Waals surface area contributed by atoms with Crippen LogP contribution in [0, 0.1) is 27.9 Å². The van der Waals surface area contributed by atoms with E-state index in [0.29, 0.717) is 106 Å². The molecule has 4 heterocycles. The average Bonchev–Trinajstić information content (AvgIpc) is 3.64. The molecule has 2 saturated heterocycles. The molecule has 0 unspecified atom stereocenters. The van der Waals surface area contributed by atoms with Crippen molar-refractivity contribution in [1.82, 2.24) is 34.7 Å². The number of unbranched alkanes of at least 4 members (excludes halogenated alkanes) is 3. The fourth-order valence-electron chi connectivity index (χ4n) is 7.46. The summed E-state index contributed by atoms with van der Waals surface area (Å²) < 4.78 is 56.7. The minimum absolute atomic E-state index is 0.101. The maximum absolute atomic E-state index is 14.7. The van der Waals surface area contributed by atoms with E-state index in [2.05, 4.69) is 20.4 Å². The van der Waals surface area contributed by atoms with Crippen LogP contribution in [0.5, 0.6) is 0 Å². The second kappa shape index (κ2) is 21.8. The van der Waals surface area contributed by atoms with E-state index in [0.717, 1.165) is 41.8 Å². The number of Topliss-reactive ketones (excluding diaryl/α,β-unsaturated/α-hetero) is 1. The molecule has 2 aromatic heterocycles. The second-order valence-electron chi connectivity index (χ2n) is 15.3. The number of carbonyl (C=O) groups excluding carboxylic acids is 3. The summed E-state index contributed by atoms with van der Waals surface area (Å²) >= 11 is 1.92. The standard InChI is InChI=1S/C44H50F3IN10O5/c1-29-50-35-9-4-5-10-36(35)58(29)44-53-42(52-43(54-44)57-22-25-62-26-23-57)56-20-18-55(19-21-56)39(61)12-3-2-7-17-49-38(60)11-6-8-24-63-28-37(59)31-14-15-32(45)40(47)41(31)51-34-16-13-30(48)27-33(34)46/h4-5,9-10,13-16,27,51H,2-3,6-8,11-12,17-26,28H2,1H3,(H,49,60). The molecule has 5 aromatic rings. The number of nitrogens with one attached hydrogen (secondary N) is 2. The lowest BCUT2D eigenvalue weighted by molar-refractivity contribution is -0.131. The molecule has 2 aliphatic rings. The first kappa shape index (κ1) is 45.6. The Kier molecular flexibility index (Phi) is 15.8. The number of imidazole rings is 1. The summed E-state index contributed by atoms with van der Waals surface area (Å²) in [6.45, 7) is 7.07. The number of nitrogens with zero attached hydrogens (tertiary/aromatic N) is 8. The molecular formula is C44H50F3IN10O5. The number of aromatic nitrogens is 5. The summed E-state index contributed by atoms with van der Waals surface area (Å²) in [6, 6.07) is 14.1. The van der Waals surface area contributed by atoms with Gasteiger partial charge in [-0.15, -0.1) is 0 Å². The molecule has 63 heavy (non-hydrogen) atoms. The number of morpholine rings is 1. The van der Waals surface area contributed by atoms with Crippen LogP contribution >= 0.6 is 22.6 Å². The van der Waals surface area contributed by atoms with E-state index in [1.807, 2.05) is 63.2 Å². The molecule has 0 atom stereocenters. The lowest BCUT2D eigenvalue weighted by Gasteiger charge is -2.35. The fourth-order valence-corrected chi connectivity index (χ4v) is 7.91. The SMILES string of the molecule is Cc1nc2ccccc2n1-c1nc(N2CCOCC2)nc(N2CCN(C(=O)CCCCCNC(=O)CCCCOCC(=O)c3ccc(F)c(F)c3Nc3ccc(I)cc3F)CC2)n1. The van der Waals surface area contributed by atoms with Crippen molar-refractivity contribution in [2.75, 3.05) is 87.4 Å². The smallest absolute Gasteiger partial charge is 0.242 e. The summed E-state index contributed by atoms with van der Waals surface area (Å²) in [5.41, 5.74) is 1.03. The predicted molar refractivity (Wildman–Crippen MR) is 240 cm³/mol. The Morgan fingerprint density at radius 1 is 0.778 bits per heavy atom. The molecule has 19 heteroatoms. The van der Waals surface area contributed by atoms with Crippen LogP contribution in [-0.4, -0.2) is 119 Å². The van der Waals surface area contributed by atoms with Gasteiger partial charge in [0.1, 0.15) is 18.2 Å². The molecule has 2 aliphatic heterocycles. The van der Waals surface area contributed by atoms with Gasteiger partial charge < -0.3 is 34.8 Å². The minimum atomic E-state index is -1.30. The van der Waals surface area contributed by atoms with Gasteiger partial charge in [-0.3, -0.25) is 19.0 Å². The highest BCUT2D eigenvalue weighted by atomic mass is 127. The maximum Gasteiger partial charge on any atom is 0.242 e. The average molecular weight is 983 g/mol. The maximum atomic E-state index is 14.7. The molecule has 0 spiro atoms. The van der Waals surface area contributed by atoms with E-state index >= 15 is 0 Å². The molecule has 334 valence electrons. The molecule has 0 bridgehead atoms. The summed E-state index contributed by atoms with van der Waals surface area (Å²) in [5.74, 6) is -1.32. The number of ketones is 1. The normalized spacial score (nSPS) is 14.3. The lowest BCUT2D eigenvalue weighted by atomic mass is 10.1. The predicted octanol–water partition coefficient (Wildman–Crippen LogP) is 6.52. The topological polar surface area (TPSA) is 160 Å². The minimum Gasteiger partial charge on any atom is -0.378 e. The first-order valence-corrected chi connectivity index (χ1v) is 22.3. The van der Waals surface area contributed by atoms with Crippen molar-refractivity contribution >= 4 is 74.5 Å². The number of hydrogen-bond donors (Lipinski definition) is 2. The van der Waals surface area contributed by atoms with Crippen LogP contribution in [0.15, 0.2) is 54.6 Å². The first-order chi connectivity index (χ1) is 30.5. The van der Waals surface area contributed by atoms with Crippen molar-refractivity contribution in [2.24, 2.45) is 0 Å². The van der Waals surface area contributed by atoms with Gasteiger partial charge in [0.05, 0.1) is 35.6 Å². The number of hydrogen-bond acceptors (Lipinski definition) is 12. The van der Waals surface area contributed by atoms with Crippen LogP contribution < -0.4 is 20.4 Å². The summed E-state index contributed by atoms with van der Waals surface area (Å²) in [6.07, 6.45) is 3.99. The zero-order valence-corrected chi connectivity index (χ0v) is 37.2. The summed E-state index contributed by atoms with van der Waals surface area (Å²) in [5, 5.41) is 5.42. The van der Waals surface area contributed by atoms with Crippen molar-refractivity contribution in [2.45, 2.75) is 51.9 Å². The number of para-hydroxylation sites is 2. The monoisotopic (exact) mass is 982 g/mol. The number of piperazine rings is 1. The largest absolute Gasteiger partial charge is 0.378 e. The number of amides is 2. The van der Waals surface area contributed by atoms with E-state index in [4.69, 9.17) is 29.4 Å². The van der Waals surface area contributed by atoms with Gasteiger partial charge in [0.15, 0.2) is 17.4 Å². The third kappa shape index (κ3) is 11.8. The molecule has 0 aliphatic carbocycles. The molecule has 2 fully saturated rings. The molecule has 15 nitrogen and oxygen atoms in total. The fraction of sp³-hybridized carbons (Fsp3) is 0.432. The van der Waals surface area contributed by atoms with Gasteiger partial charge >= 0.3 is 0 Å². The Labute approximate surface area is 376 Å². The van der Waals surface area contributed by atoms with Gasteiger partial charge in [0.2, 0.25) is 29.7 Å². The van der Waals surface area contributed by atoms with Crippen molar-refractivity contribution < 1.29 is 37.0 Å². The Hall–Kier alpha value is -5.41. The molecule has 3 aromatic carbocycles. The highest BCUT2D eigenvalue weighted by Crippen LogP contribution is 2.29. The van der Waals surface area contributed by atoms with E-state index < -0.39 is 35.5 Å². The Morgan fingerprint density at radius 3 is 2.25 bits per heavy atom. The van der Waals surface area contributed by atoms with Crippen LogP contribution in [-0.2, 0) is 19.1 Å². The summed E-state index contributed by atoms with van der Waals surface area (Å²) in [4.78, 5) is 63.9. The van der Waals surface area contributed by atoms with Crippen LogP contribution in [0.2, 0.25) is 0 Å². The number of ether oxygens (including phenoxy) is 2. The summed E-state index contributed by atoms with van der Waals surface area (Å²) in [7, 11) is 0. The van der Waals surface area contributed by atoms with Gasteiger partial charge in [-0.1, -0.05) is 18.6 Å². The van der Waals surface area contributed by atoms with Crippen LogP contribution in [0.1, 0.15) is 61.1 Å². The second-order valence-corrected chi connectivity index (χ2v) is 16.6. The van der Waals surface area contributed by atoms with Gasteiger partial charge in [0, 0.05) is 74.4 Å². The van der Waals surface area contributed by atoms with Crippen LogP contribution in [0.25, 0.3) is 17.0 Å². The number of rotatable bonds is 19.